The minimum Gasteiger partial charge on any atom is -0.466 e. The predicted molar refractivity (Wildman–Crippen MR) is 49.2 cm³/mol. The third-order valence-corrected chi connectivity index (χ3v) is 3.08. The largest absolute Gasteiger partial charge is 0.466 e. The van der Waals surface area contributed by atoms with Crippen LogP contribution in [0.25, 0.3) is 0 Å². The van der Waals surface area contributed by atoms with Gasteiger partial charge in [0.1, 0.15) is 0 Å². The van der Waals surface area contributed by atoms with Crippen molar-refractivity contribution < 1.29 is 9.53 Å². The van der Waals surface area contributed by atoms with E-state index in [1.54, 1.807) is 0 Å². The first-order chi connectivity index (χ1) is 6.33. The van der Waals surface area contributed by atoms with Crippen LogP contribution in [0, 0.1) is 17.8 Å². The van der Waals surface area contributed by atoms with E-state index < -0.39 is 0 Å². The normalized spacial score (nSPS) is 33.3. The molecule has 13 heavy (non-hydrogen) atoms. The molecule has 2 fully saturated rings. The molecule has 2 rings (SSSR count). The average molecular weight is 183 g/mol. The van der Waals surface area contributed by atoms with Crippen molar-refractivity contribution in [2.75, 3.05) is 19.7 Å². The van der Waals surface area contributed by atoms with Crippen LogP contribution in [0.3, 0.4) is 0 Å². The number of carbonyl (C=O) groups is 1. The van der Waals surface area contributed by atoms with Crippen molar-refractivity contribution in [1.82, 2.24) is 5.32 Å². The van der Waals surface area contributed by atoms with Gasteiger partial charge in [-0.25, -0.2) is 0 Å². The summed E-state index contributed by atoms with van der Waals surface area (Å²) in [7, 11) is 0. The van der Waals surface area contributed by atoms with E-state index in [4.69, 9.17) is 4.74 Å². The Balaban J connectivity index is 1.92. The van der Waals surface area contributed by atoms with Crippen LogP contribution in [-0.4, -0.2) is 25.7 Å². The van der Waals surface area contributed by atoms with Gasteiger partial charge < -0.3 is 10.1 Å². The lowest BCUT2D eigenvalue weighted by molar-refractivity contribution is -0.148. The quantitative estimate of drug-likeness (QED) is 0.658. The molecule has 2 atom stereocenters. The Morgan fingerprint density at radius 2 is 2.23 bits per heavy atom. The fourth-order valence-corrected chi connectivity index (χ4v) is 2.23. The number of hydrogen-bond donors (Lipinski definition) is 1. The first-order valence-electron chi connectivity index (χ1n) is 5.20. The van der Waals surface area contributed by atoms with E-state index in [-0.39, 0.29) is 11.9 Å². The molecule has 1 aliphatic carbocycles. The molecule has 3 heteroatoms. The lowest BCUT2D eigenvalue weighted by atomic mass is 9.92. The van der Waals surface area contributed by atoms with Crippen molar-refractivity contribution in [3.63, 3.8) is 0 Å². The molecular formula is C10H17NO2. The summed E-state index contributed by atoms with van der Waals surface area (Å²) in [6.07, 6.45) is 2.62. The standard InChI is InChI=1S/C10H17NO2/c1-2-13-10(12)9-6-11-5-8(9)7-3-4-7/h7-9,11H,2-6H2,1H3/t8-,9+/m0/s1. The first-order valence-corrected chi connectivity index (χ1v) is 5.20. The number of carbonyl (C=O) groups excluding carboxylic acids is 1. The number of nitrogens with one attached hydrogen (secondary N) is 1. The van der Waals surface area contributed by atoms with Crippen molar-refractivity contribution in [2.45, 2.75) is 19.8 Å². The second kappa shape index (κ2) is 3.66. The summed E-state index contributed by atoms with van der Waals surface area (Å²) in [6.45, 7) is 4.20. The number of ether oxygens (including phenoxy) is 1. The minimum absolute atomic E-state index is 0.00407. The predicted octanol–water partition coefficient (Wildman–Crippen LogP) is 0.795. The molecule has 0 unspecified atom stereocenters. The van der Waals surface area contributed by atoms with Crippen molar-refractivity contribution in [1.29, 1.82) is 0 Å². The molecule has 1 aliphatic heterocycles. The molecule has 2 aliphatic rings. The van der Waals surface area contributed by atoms with Crippen LogP contribution in [0.5, 0.6) is 0 Å². The molecule has 74 valence electrons. The average Bonchev–Trinajstić information content (AvgIpc) is 2.84. The van der Waals surface area contributed by atoms with Gasteiger partial charge in [0.2, 0.25) is 0 Å². The molecule has 1 saturated heterocycles. The van der Waals surface area contributed by atoms with Gasteiger partial charge >= 0.3 is 5.97 Å². The molecule has 0 aromatic carbocycles. The lowest BCUT2D eigenvalue weighted by Crippen LogP contribution is -2.26. The van der Waals surface area contributed by atoms with E-state index in [1.165, 1.54) is 12.8 Å². The molecule has 0 bridgehead atoms. The van der Waals surface area contributed by atoms with Crippen molar-refractivity contribution in [2.24, 2.45) is 17.8 Å². The molecule has 1 heterocycles. The Kier molecular flexibility index (Phi) is 2.54. The summed E-state index contributed by atoms with van der Waals surface area (Å²) >= 11 is 0. The van der Waals surface area contributed by atoms with Crippen LogP contribution in [0.4, 0.5) is 0 Å². The molecule has 3 nitrogen and oxygen atoms in total. The monoisotopic (exact) mass is 183 g/mol. The Morgan fingerprint density at radius 3 is 2.85 bits per heavy atom. The van der Waals surface area contributed by atoms with Gasteiger partial charge in [-0.15, -0.1) is 0 Å². The minimum atomic E-state index is 0.00407. The van der Waals surface area contributed by atoms with Gasteiger partial charge in [-0.2, -0.15) is 0 Å². The van der Waals surface area contributed by atoms with Gasteiger partial charge in [-0.05, 0) is 38.1 Å². The van der Waals surface area contributed by atoms with Gasteiger partial charge in [0.25, 0.3) is 0 Å². The maximum Gasteiger partial charge on any atom is 0.310 e. The van der Waals surface area contributed by atoms with Gasteiger partial charge in [-0.1, -0.05) is 0 Å². The second-order valence-electron chi connectivity index (χ2n) is 4.02. The maximum atomic E-state index is 11.5. The SMILES string of the molecule is CCOC(=O)[C@@H]1CNC[C@H]1C1CC1. The molecular weight excluding hydrogens is 166 g/mol. The zero-order chi connectivity index (χ0) is 9.26. The van der Waals surface area contributed by atoms with E-state index in [0.717, 1.165) is 19.0 Å². The molecule has 0 radical (unpaired) electrons. The molecule has 0 aromatic heterocycles. The van der Waals surface area contributed by atoms with Crippen LogP contribution >= 0.6 is 0 Å². The van der Waals surface area contributed by atoms with Crippen LogP contribution in [0.1, 0.15) is 19.8 Å². The highest BCUT2D eigenvalue weighted by Crippen LogP contribution is 2.42. The summed E-state index contributed by atoms with van der Waals surface area (Å²) in [4.78, 5) is 11.5. The molecule has 0 amide bonds. The van der Waals surface area contributed by atoms with Gasteiger partial charge in [0.05, 0.1) is 12.5 Å². The van der Waals surface area contributed by atoms with Crippen LogP contribution in [0.15, 0.2) is 0 Å². The Labute approximate surface area is 78.8 Å². The lowest BCUT2D eigenvalue weighted by Gasteiger charge is -2.15. The summed E-state index contributed by atoms with van der Waals surface area (Å²) < 4.78 is 5.06. The molecule has 0 aromatic rings. The zero-order valence-electron chi connectivity index (χ0n) is 8.08. The fourth-order valence-electron chi connectivity index (χ4n) is 2.23. The van der Waals surface area contributed by atoms with E-state index in [2.05, 4.69) is 5.32 Å². The van der Waals surface area contributed by atoms with Crippen molar-refractivity contribution in [3.05, 3.63) is 0 Å². The summed E-state index contributed by atoms with van der Waals surface area (Å²) in [5, 5.41) is 3.28. The Morgan fingerprint density at radius 1 is 1.46 bits per heavy atom. The molecule has 1 N–H and O–H groups in total. The van der Waals surface area contributed by atoms with Crippen molar-refractivity contribution in [3.8, 4) is 0 Å². The van der Waals surface area contributed by atoms with Crippen LogP contribution < -0.4 is 5.32 Å². The smallest absolute Gasteiger partial charge is 0.310 e. The third kappa shape index (κ3) is 1.85. The number of rotatable bonds is 3. The van der Waals surface area contributed by atoms with Crippen molar-refractivity contribution >= 4 is 5.97 Å². The zero-order valence-corrected chi connectivity index (χ0v) is 8.08. The van der Waals surface area contributed by atoms with E-state index in [0.29, 0.717) is 12.5 Å². The number of esters is 1. The molecule has 0 spiro atoms. The second-order valence-corrected chi connectivity index (χ2v) is 4.02. The van der Waals surface area contributed by atoms with E-state index in [1.807, 2.05) is 6.92 Å². The maximum absolute atomic E-state index is 11.5. The van der Waals surface area contributed by atoms with Gasteiger partial charge in [-0.3, -0.25) is 4.79 Å². The summed E-state index contributed by atoms with van der Waals surface area (Å²) in [5.74, 6) is 1.49. The summed E-state index contributed by atoms with van der Waals surface area (Å²) in [5.41, 5.74) is 0. The highest BCUT2D eigenvalue weighted by atomic mass is 16.5. The molecule has 1 saturated carbocycles. The highest BCUT2D eigenvalue weighted by molar-refractivity contribution is 5.73. The fraction of sp³-hybridized carbons (Fsp3) is 0.900. The number of hydrogen-bond acceptors (Lipinski definition) is 3. The third-order valence-electron chi connectivity index (χ3n) is 3.08. The van der Waals surface area contributed by atoms with E-state index >= 15 is 0 Å². The van der Waals surface area contributed by atoms with Crippen LogP contribution in [-0.2, 0) is 9.53 Å². The summed E-state index contributed by atoms with van der Waals surface area (Å²) in [6, 6.07) is 0. The Bertz CT molecular complexity index is 201. The topological polar surface area (TPSA) is 38.3 Å². The highest BCUT2D eigenvalue weighted by Gasteiger charge is 2.43. The van der Waals surface area contributed by atoms with Crippen LogP contribution in [0.2, 0.25) is 0 Å². The van der Waals surface area contributed by atoms with Gasteiger partial charge in [0.15, 0.2) is 0 Å². The van der Waals surface area contributed by atoms with Gasteiger partial charge in [0, 0.05) is 6.54 Å². The Hall–Kier alpha value is -0.570. The first kappa shape index (κ1) is 9.00. The van der Waals surface area contributed by atoms with E-state index in [9.17, 15) is 4.79 Å².